The van der Waals surface area contributed by atoms with Crippen molar-refractivity contribution < 1.29 is 0 Å². The second-order valence-electron chi connectivity index (χ2n) is 4.88. The largest absolute Gasteiger partial charge is 0.276 e. The van der Waals surface area contributed by atoms with Gasteiger partial charge in [0.05, 0.1) is 6.20 Å². The summed E-state index contributed by atoms with van der Waals surface area (Å²) in [4.78, 5) is 0. The lowest BCUT2D eigenvalue weighted by atomic mass is 9.94. The molecule has 1 saturated carbocycles. The number of hydrazine groups is 1. The Morgan fingerprint density at radius 1 is 1.56 bits per heavy atom. The zero-order valence-electron chi connectivity index (χ0n) is 10.0. The minimum absolute atomic E-state index is 0.475. The van der Waals surface area contributed by atoms with Crippen LogP contribution >= 0.6 is 0 Å². The molecule has 1 unspecified atom stereocenters. The van der Waals surface area contributed by atoms with Crippen LogP contribution in [-0.2, 0) is 13.5 Å². The van der Waals surface area contributed by atoms with Crippen LogP contribution in [0.1, 0.15) is 37.7 Å². The monoisotopic (exact) mass is 222 g/mol. The van der Waals surface area contributed by atoms with Crippen LogP contribution < -0.4 is 11.3 Å². The Balaban J connectivity index is 1.82. The number of hydrogen-bond acceptors (Lipinski definition) is 3. The highest BCUT2D eigenvalue weighted by molar-refractivity contribution is 5.04. The summed E-state index contributed by atoms with van der Waals surface area (Å²) >= 11 is 0. The molecule has 1 aliphatic rings. The first kappa shape index (κ1) is 11.6. The molecule has 0 saturated heterocycles. The molecule has 0 radical (unpaired) electrons. The number of aryl methyl sites for hydroxylation is 2. The SMILES string of the molecule is Cn1cc(CCC(NN)C2CCCC2)cn1. The standard InChI is InChI=1S/C12H22N4/c1-16-9-10(8-14-16)6-7-12(15-13)11-4-2-3-5-11/h8-9,11-12,15H,2-7,13H2,1H3. The maximum Gasteiger partial charge on any atom is 0.0521 e. The van der Waals surface area contributed by atoms with Gasteiger partial charge in [0.2, 0.25) is 0 Å². The molecule has 4 heteroatoms. The summed E-state index contributed by atoms with van der Waals surface area (Å²) in [5.74, 6) is 6.43. The minimum atomic E-state index is 0.475. The fraction of sp³-hybridized carbons (Fsp3) is 0.750. The van der Waals surface area contributed by atoms with Gasteiger partial charge in [-0.1, -0.05) is 12.8 Å². The van der Waals surface area contributed by atoms with Gasteiger partial charge in [0.15, 0.2) is 0 Å². The molecule has 1 atom stereocenters. The van der Waals surface area contributed by atoms with Crippen LogP contribution in [0.4, 0.5) is 0 Å². The fourth-order valence-corrected chi connectivity index (χ4v) is 2.74. The van der Waals surface area contributed by atoms with E-state index in [4.69, 9.17) is 5.84 Å². The number of hydrogen-bond donors (Lipinski definition) is 2. The van der Waals surface area contributed by atoms with Crippen molar-refractivity contribution in [3.05, 3.63) is 18.0 Å². The molecule has 0 amide bonds. The quantitative estimate of drug-likeness (QED) is 0.584. The van der Waals surface area contributed by atoms with Crippen molar-refractivity contribution in [2.45, 2.75) is 44.6 Å². The smallest absolute Gasteiger partial charge is 0.0521 e. The van der Waals surface area contributed by atoms with E-state index in [0.717, 1.165) is 18.8 Å². The maximum absolute atomic E-state index is 5.65. The van der Waals surface area contributed by atoms with Crippen molar-refractivity contribution in [3.8, 4) is 0 Å². The van der Waals surface area contributed by atoms with Crippen LogP contribution in [0, 0.1) is 5.92 Å². The lowest BCUT2D eigenvalue weighted by Crippen LogP contribution is -2.40. The third kappa shape index (κ3) is 2.83. The molecule has 4 nitrogen and oxygen atoms in total. The van der Waals surface area contributed by atoms with Crippen LogP contribution in [0.3, 0.4) is 0 Å². The van der Waals surface area contributed by atoms with Gasteiger partial charge in [0, 0.05) is 19.3 Å². The first-order chi connectivity index (χ1) is 7.79. The zero-order chi connectivity index (χ0) is 11.4. The second kappa shape index (κ2) is 5.46. The highest BCUT2D eigenvalue weighted by atomic mass is 15.2. The Hall–Kier alpha value is -0.870. The van der Waals surface area contributed by atoms with Gasteiger partial charge in [-0.3, -0.25) is 16.0 Å². The van der Waals surface area contributed by atoms with Crippen LogP contribution in [0.15, 0.2) is 12.4 Å². The summed E-state index contributed by atoms with van der Waals surface area (Å²) in [6, 6.07) is 0.475. The highest BCUT2D eigenvalue weighted by Crippen LogP contribution is 2.29. The maximum atomic E-state index is 5.65. The van der Waals surface area contributed by atoms with E-state index in [-0.39, 0.29) is 0 Å². The van der Waals surface area contributed by atoms with Gasteiger partial charge in [0.25, 0.3) is 0 Å². The van der Waals surface area contributed by atoms with Gasteiger partial charge in [-0.2, -0.15) is 5.10 Å². The average molecular weight is 222 g/mol. The van der Waals surface area contributed by atoms with Gasteiger partial charge in [0.1, 0.15) is 0 Å². The summed E-state index contributed by atoms with van der Waals surface area (Å²) < 4.78 is 1.86. The first-order valence-electron chi connectivity index (χ1n) is 6.23. The van der Waals surface area contributed by atoms with Crippen molar-refractivity contribution in [2.75, 3.05) is 0 Å². The summed E-state index contributed by atoms with van der Waals surface area (Å²) in [7, 11) is 1.96. The van der Waals surface area contributed by atoms with Crippen molar-refractivity contribution >= 4 is 0 Å². The van der Waals surface area contributed by atoms with Crippen molar-refractivity contribution in [3.63, 3.8) is 0 Å². The molecule has 90 valence electrons. The molecular weight excluding hydrogens is 200 g/mol. The normalized spacial score (nSPS) is 19.1. The average Bonchev–Trinajstić information content (AvgIpc) is 2.91. The molecule has 1 heterocycles. The molecular formula is C12H22N4. The Morgan fingerprint density at radius 2 is 2.31 bits per heavy atom. The predicted molar refractivity (Wildman–Crippen MR) is 64.6 cm³/mol. The van der Waals surface area contributed by atoms with Crippen LogP contribution in [-0.4, -0.2) is 15.8 Å². The van der Waals surface area contributed by atoms with Crippen LogP contribution in [0.2, 0.25) is 0 Å². The van der Waals surface area contributed by atoms with Crippen LogP contribution in [0.5, 0.6) is 0 Å². The summed E-state index contributed by atoms with van der Waals surface area (Å²) in [6.45, 7) is 0. The topological polar surface area (TPSA) is 55.9 Å². The van der Waals surface area contributed by atoms with Crippen LogP contribution in [0.25, 0.3) is 0 Å². The van der Waals surface area contributed by atoms with E-state index >= 15 is 0 Å². The van der Waals surface area contributed by atoms with Gasteiger partial charge in [-0.05, 0) is 37.2 Å². The summed E-state index contributed by atoms with van der Waals surface area (Å²) in [6.07, 6.45) is 11.6. The zero-order valence-corrected chi connectivity index (χ0v) is 10.0. The fourth-order valence-electron chi connectivity index (χ4n) is 2.74. The predicted octanol–water partition coefficient (Wildman–Crippen LogP) is 1.37. The minimum Gasteiger partial charge on any atom is -0.276 e. The molecule has 1 aromatic rings. The molecule has 1 fully saturated rings. The van der Waals surface area contributed by atoms with E-state index < -0.39 is 0 Å². The Labute approximate surface area is 97.2 Å². The molecule has 0 aromatic carbocycles. The summed E-state index contributed by atoms with van der Waals surface area (Å²) in [5.41, 5.74) is 4.30. The lowest BCUT2D eigenvalue weighted by molar-refractivity contribution is 0.345. The third-order valence-corrected chi connectivity index (χ3v) is 3.69. The molecule has 0 spiro atoms. The molecule has 0 bridgehead atoms. The second-order valence-corrected chi connectivity index (χ2v) is 4.88. The van der Waals surface area contributed by atoms with E-state index in [0.29, 0.717) is 6.04 Å². The Morgan fingerprint density at radius 3 is 2.88 bits per heavy atom. The van der Waals surface area contributed by atoms with Crippen molar-refractivity contribution in [2.24, 2.45) is 18.8 Å². The van der Waals surface area contributed by atoms with Gasteiger partial charge >= 0.3 is 0 Å². The van der Waals surface area contributed by atoms with E-state index in [1.54, 1.807) is 0 Å². The van der Waals surface area contributed by atoms with E-state index in [1.807, 2.05) is 17.9 Å². The first-order valence-corrected chi connectivity index (χ1v) is 6.23. The highest BCUT2D eigenvalue weighted by Gasteiger charge is 2.23. The molecule has 3 N–H and O–H groups in total. The van der Waals surface area contributed by atoms with Gasteiger partial charge in [-0.25, -0.2) is 0 Å². The number of rotatable bonds is 5. The Kier molecular flexibility index (Phi) is 3.96. The third-order valence-electron chi connectivity index (χ3n) is 3.69. The number of aromatic nitrogens is 2. The van der Waals surface area contributed by atoms with E-state index in [9.17, 15) is 0 Å². The Bertz CT molecular complexity index is 315. The lowest BCUT2D eigenvalue weighted by Gasteiger charge is -2.22. The van der Waals surface area contributed by atoms with Gasteiger partial charge < -0.3 is 0 Å². The molecule has 0 aliphatic heterocycles. The number of nitrogens with one attached hydrogen (secondary N) is 1. The molecule has 1 aliphatic carbocycles. The van der Waals surface area contributed by atoms with Crippen molar-refractivity contribution in [1.29, 1.82) is 0 Å². The molecule has 16 heavy (non-hydrogen) atoms. The molecule has 1 aromatic heterocycles. The van der Waals surface area contributed by atoms with E-state index in [2.05, 4.69) is 16.7 Å². The van der Waals surface area contributed by atoms with Gasteiger partial charge in [-0.15, -0.1) is 0 Å². The number of nitrogens with zero attached hydrogens (tertiary/aromatic N) is 2. The van der Waals surface area contributed by atoms with E-state index in [1.165, 1.54) is 31.2 Å². The summed E-state index contributed by atoms with van der Waals surface area (Å²) in [5, 5.41) is 4.18. The van der Waals surface area contributed by atoms with Crippen molar-refractivity contribution in [1.82, 2.24) is 15.2 Å². The number of nitrogens with two attached hydrogens (primary N) is 1. The molecule has 2 rings (SSSR count).